The molecule has 0 saturated heterocycles. The number of hydrogen-bond acceptors (Lipinski definition) is 8. The lowest BCUT2D eigenvalue weighted by Gasteiger charge is -2.20. The second-order valence-electron chi connectivity index (χ2n) is 6.94. The number of aromatic nitrogens is 3. The number of amides is 1. The number of nitrogens with zero attached hydrogens (tertiary/aromatic N) is 4. The number of para-hydroxylation sites is 1. The number of thiazole rings is 2. The molecule has 0 N–H and O–H groups in total. The number of fused-ring (bicyclic) bond motifs is 1. The summed E-state index contributed by atoms with van der Waals surface area (Å²) in [5, 5.41) is 3.37. The van der Waals surface area contributed by atoms with Gasteiger partial charge in [-0.3, -0.25) is 14.6 Å². The van der Waals surface area contributed by atoms with E-state index in [2.05, 4.69) is 15.0 Å². The number of carbonyl (C=O) groups excluding carboxylic acids is 2. The summed E-state index contributed by atoms with van der Waals surface area (Å²) in [4.78, 5) is 39.7. The lowest BCUT2D eigenvalue weighted by molar-refractivity contribution is -0.158. The summed E-state index contributed by atoms with van der Waals surface area (Å²) >= 11 is 2.96. The van der Waals surface area contributed by atoms with Crippen molar-refractivity contribution in [3.8, 4) is 10.7 Å². The van der Waals surface area contributed by atoms with E-state index in [9.17, 15) is 9.59 Å². The molecule has 158 valence electrons. The summed E-state index contributed by atoms with van der Waals surface area (Å²) in [5.41, 5.74) is 2.27. The van der Waals surface area contributed by atoms with Crippen LogP contribution in [-0.2, 0) is 27.3 Å². The van der Waals surface area contributed by atoms with Crippen molar-refractivity contribution >= 4 is 44.8 Å². The molecule has 0 aliphatic carbocycles. The summed E-state index contributed by atoms with van der Waals surface area (Å²) in [7, 11) is 1.68. The number of rotatable bonds is 7. The SMILES string of the molecule is CC(OC(=O)Cc1csc(-c2ccccn2)n1)C(=O)N(C)Cc1nc2ccccc2s1. The van der Waals surface area contributed by atoms with Gasteiger partial charge in [-0.05, 0) is 31.2 Å². The lowest BCUT2D eigenvalue weighted by atomic mass is 10.3. The Kier molecular flexibility index (Phi) is 6.34. The largest absolute Gasteiger partial charge is 0.452 e. The minimum Gasteiger partial charge on any atom is -0.452 e. The molecule has 31 heavy (non-hydrogen) atoms. The lowest BCUT2D eigenvalue weighted by Crippen LogP contribution is -2.37. The second kappa shape index (κ2) is 9.32. The van der Waals surface area contributed by atoms with Crippen molar-refractivity contribution in [2.45, 2.75) is 26.0 Å². The first kappa shape index (κ1) is 21.1. The van der Waals surface area contributed by atoms with Crippen molar-refractivity contribution in [2.75, 3.05) is 7.05 Å². The van der Waals surface area contributed by atoms with Gasteiger partial charge in [0.2, 0.25) is 0 Å². The molecule has 0 aliphatic rings. The minimum atomic E-state index is -0.888. The fourth-order valence-corrected chi connectivity index (χ4v) is 4.83. The van der Waals surface area contributed by atoms with E-state index in [4.69, 9.17) is 4.74 Å². The highest BCUT2D eigenvalue weighted by molar-refractivity contribution is 7.18. The normalized spacial score (nSPS) is 11.9. The van der Waals surface area contributed by atoms with Crippen LogP contribution in [0.4, 0.5) is 0 Å². The number of esters is 1. The van der Waals surface area contributed by atoms with Crippen LogP contribution in [0.3, 0.4) is 0 Å². The Balaban J connectivity index is 1.31. The predicted octanol–water partition coefficient (Wildman–Crippen LogP) is 3.95. The Morgan fingerprint density at radius 3 is 2.71 bits per heavy atom. The topological polar surface area (TPSA) is 85.3 Å². The van der Waals surface area contributed by atoms with Gasteiger partial charge in [-0.15, -0.1) is 22.7 Å². The van der Waals surface area contributed by atoms with Gasteiger partial charge < -0.3 is 9.64 Å². The first-order valence-corrected chi connectivity index (χ1v) is 11.3. The molecule has 0 bridgehead atoms. The van der Waals surface area contributed by atoms with Crippen LogP contribution in [0, 0.1) is 0 Å². The van der Waals surface area contributed by atoms with Gasteiger partial charge in [0.15, 0.2) is 6.10 Å². The van der Waals surface area contributed by atoms with Crippen molar-refractivity contribution in [3.63, 3.8) is 0 Å². The van der Waals surface area contributed by atoms with Crippen LogP contribution in [0.5, 0.6) is 0 Å². The van der Waals surface area contributed by atoms with Crippen LogP contribution >= 0.6 is 22.7 Å². The zero-order valence-corrected chi connectivity index (χ0v) is 18.7. The van der Waals surface area contributed by atoms with Crippen molar-refractivity contribution in [1.82, 2.24) is 19.9 Å². The Morgan fingerprint density at radius 1 is 1.13 bits per heavy atom. The molecule has 0 spiro atoms. The Bertz CT molecular complexity index is 1170. The summed E-state index contributed by atoms with van der Waals surface area (Å²) < 4.78 is 6.43. The smallest absolute Gasteiger partial charge is 0.312 e. The number of benzene rings is 1. The average molecular weight is 453 g/mol. The molecule has 3 heterocycles. The maximum Gasteiger partial charge on any atom is 0.312 e. The van der Waals surface area contributed by atoms with E-state index in [0.717, 1.165) is 25.9 Å². The number of pyridine rings is 1. The monoisotopic (exact) mass is 452 g/mol. The number of carbonyl (C=O) groups is 2. The van der Waals surface area contributed by atoms with Gasteiger partial charge in [-0.25, -0.2) is 9.97 Å². The Labute approximate surface area is 187 Å². The van der Waals surface area contributed by atoms with E-state index >= 15 is 0 Å². The van der Waals surface area contributed by atoms with Crippen LogP contribution < -0.4 is 0 Å². The van der Waals surface area contributed by atoms with Gasteiger partial charge in [0.25, 0.3) is 5.91 Å². The molecule has 4 rings (SSSR count). The fraction of sp³-hybridized carbons (Fsp3) is 0.227. The molecule has 0 aliphatic heterocycles. The van der Waals surface area contributed by atoms with E-state index in [0.29, 0.717) is 12.2 Å². The van der Waals surface area contributed by atoms with Gasteiger partial charge >= 0.3 is 5.97 Å². The van der Waals surface area contributed by atoms with Crippen LogP contribution in [0.1, 0.15) is 17.6 Å². The first-order chi connectivity index (χ1) is 15.0. The molecule has 3 aromatic heterocycles. The van der Waals surface area contributed by atoms with Gasteiger partial charge in [0, 0.05) is 18.6 Å². The summed E-state index contributed by atoms with van der Waals surface area (Å²) in [5.74, 6) is -0.771. The quantitative estimate of drug-likeness (QED) is 0.395. The van der Waals surface area contributed by atoms with E-state index in [1.54, 1.807) is 36.9 Å². The molecule has 4 aromatic rings. The van der Waals surface area contributed by atoms with E-state index < -0.39 is 12.1 Å². The van der Waals surface area contributed by atoms with Gasteiger partial charge in [-0.2, -0.15) is 0 Å². The number of hydrogen-bond donors (Lipinski definition) is 0. The van der Waals surface area contributed by atoms with E-state index in [1.807, 2.05) is 42.5 Å². The van der Waals surface area contributed by atoms with Crippen LogP contribution in [0.15, 0.2) is 54.0 Å². The van der Waals surface area contributed by atoms with Crippen molar-refractivity contribution in [2.24, 2.45) is 0 Å². The number of likely N-dealkylation sites (N-methyl/N-ethyl adjacent to an activating group) is 1. The second-order valence-corrected chi connectivity index (χ2v) is 8.91. The van der Waals surface area contributed by atoms with Crippen LogP contribution in [-0.4, -0.2) is 44.9 Å². The molecule has 7 nitrogen and oxygen atoms in total. The third-order valence-corrected chi connectivity index (χ3v) is 6.44. The maximum atomic E-state index is 12.6. The molecule has 0 radical (unpaired) electrons. The molecular formula is C22H20N4O3S2. The summed E-state index contributed by atoms with van der Waals surface area (Å²) in [6.07, 6.45) is 0.812. The van der Waals surface area contributed by atoms with Crippen molar-refractivity contribution in [3.05, 3.63) is 64.7 Å². The highest BCUT2D eigenvalue weighted by Crippen LogP contribution is 2.23. The van der Waals surface area contributed by atoms with Crippen LogP contribution in [0.25, 0.3) is 20.9 Å². The van der Waals surface area contributed by atoms with E-state index in [-0.39, 0.29) is 12.3 Å². The predicted molar refractivity (Wildman–Crippen MR) is 121 cm³/mol. The molecule has 9 heteroatoms. The van der Waals surface area contributed by atoms with E-state index in [1.165, 1.54) is 16.2 Å². The third-order valence-electron chi connectivity index (χ3n) is 4.50. The molecular weight excluding hydrogens is 432 g/mol. The van der Waals surface area contributed by atoms with Gasteiger partial charge in [-0.1, -0.05) is 18.2 Å². The maximum absolute atomic E-state index is 12.6. The minimum absolute atomic E-state index is 0.00252. The summed E-state index contributed by atoms with van der Waals surface area (Å²) in [6.45, 7) is 1.94. The first-order valence-electron chi connectivity index (χ1n) is 9.64. The Morgan fingerprint density at radius 2 is 1.94 bits per heavy atom. The van der Waals surface area contributed by atoms with Gasteiger partial charge in [0.05, 0.1) is 34.6 Å². The van der Waals surface area contributed by atoms with Crippen LogP contribution in [0.2, 0.25) is 0 Å². The highest BCUT2D eigenvalue weighted by atomic mass is 32.1. The van der Waals surface area contributed by atoms with Gasteiger partial charge in [0.1, 0.15) is 10.0 Å². The van der Waals surface area contributed by atoms with Crippen molar-refractivity contribution < 1.29 is 14.3 Å². The molecule has 0 saturated carbocycles. The number of ether oxygens (including phenoxy) is 1. The zero-order valence-electron chi connectivity index (χ0n) is 17.0. The highest BCUT2D eigenvalue weighted by Gasteiger charge is 2.23. The molecule has 0 fully saturated rings. The molecule has 1 unspecified atom stereocenters. The third kappa shape index (κ3) is 5.12. The zero-order chi connectivity index (χ0) is 21.8. The van der Waals surface area contributed by atoms with Crippen molar-refractivity contribution in [1.29, 1.82) is 0 Å². The average Bonchev–Trinajstić information content (AvgIpc) is 3.40. The standard InChI is InChI=1S/C22H20N4O3S2/c1-14(22(28)26(2)12-19-25-16-7-3-4-9-18(16)31-19)29-20(27)11-15-13-30-21(24-15)17-8-5-6-10-23-17/h3-10,13-14H,11-12H2,1-2H3. The molecule has 1 aromatic carbocycles. The molecule has 1 atom stereocenters. The summed E-state index contributed by atoms with van der Waals surface area (Å²) in [6, 6.07) is 13.4. The fourth-order valence-electron chi connectivity index (χ4n) is 3.01. The Hall–Kier alpha value is -3.17. The molecule has 1 amide bonds.